The molecular weight excluding hydrogens is 877 g/mol. The van der Waals surface area contributed by atoms with Crippen molar-refractivity contribution in [3.05, 3.63) is 48.6 Å². The van der Waals surface area contributed by atoms with Crippen LogP contribution in [-0.2, 0) is 28.6 Å². The molecule has 0 aliphatic carbocycles. The quantitative estimate of drug-likeness (QED) is 0.0261. The summed E-state index contributed by atoms with van der Waals surface area (Å²) in [5.41, 5.74) is 0. The Morgan fingerprint density at radius 2 is 0.507 bits per heavy atom. The first kappa shape index (κ1) is 68.4. The number of hydrogen-bond acceptors (Lipinski definition) is 6. The largest absolute Gasteiger partial charge is 0.462 e. The van der Waals surface area contributed by atoms with Crippen LogP contribution in [0.15, 0.2) is 48.6 Å². The Morgan fingerprint density at radius 1 is 0.282 bits per heavy atom. The summed E-state index contributed by atoms with van der Waals surface area (Å²) in [4.78, 5) is 38.3. The molecule has 414 valence electrons. The van der Waals surface area contributed by atoms with Crippen LogP contribution in [0.1, 0.15) is 329 Å². The maximum Gasteiger partial charge on any atom is 0.306 e. The van der Waals surface area contributed by atoms with Gasteiger partial charge in [0.1, 0.15) is 13.2 Å². The predicted molar refractivity (Wildman–Crippen MR) is 307 cm³/mol. The van der Waals surface area contributed by atoms with Crippen molar-refractivity contribution in [2.24, 2.45) is 0 Å². The topological polar surface area (TPSA) is 78.9 Å². The van der Waals surface area contributed by atoms with Gasteiger partial charge in [0.05, 0.1) is 0 Å². The van der Waals surface area contributed by atoms with Crippen LogP contribution in [0.4, 0.5) is 0 Å². The van der Waals surface area contributed by atoms with Crippen LogP contribution in [-0.4, -0.2) is 37.2 Å². The number of rotatable bonds is 57. The van der Waals surface area contributed by atoms with Crippen molar-refractivity contribution in [1.82, 2.24) is 0 Å². The van der Waals surface area contributed by atoms with Gasteiger partial charge in [-0.05, 0) is 83.5 Å². The Bertz CT molecular complexity index is 1230. The van der Waals surface area contributed by atoms with Gasteiger partial charge in [-0.25, -0.2) is 0 Å². The lowest BCUT2D eigenvalue weighted by molar-refractivity contribution is -0.167. The smallest absolute Gasteiger partial charge is 0.306 e. The summed E-state index contributed by atoms with van der Waals surface area (Å²) in [6.07, 6.45) is 73.9. The van der Waals surface area contributed by atoms with Crippen LogP contribution < -0.4 is 0 Å². The van der Waals surface area contributed by atoms with Crippen LogP contribution in [0.25, 0.3) is 0 Å². The molecule has 0 rings (SSSR count). The van der Waals surface area contributed by atoms with Crippen molar-refractivity contribution in [2.75, 3.05) is 13.2 Å². The minimum Gasteiger partial charge on any atom is -0.462 e. The second kappa shape index (κ2) is 59.9. The van der Waals surface area contributed by atoms with E-state index in [9.17, 15) is 14.4 Å². The number of allylic oxidation sites excluding steroid dienone is 8. The van der Waals surface area contributed by atoms with E-state index in [0.717, 1.165) is 77.0 Å². The van der Waals surface area contributed by atoms with Crippen molar-refractivity contribution >= 4 is 17.9 Å². The van der Waals surface area contributed by atoms with Gasteiger partial charge in [-0.3, -0.25) is 14.4 Å². The normalized spacial score (nSPS) is 12.3. The van der Waals surface area contributed by atoms with Crippen molar-refractivity contribution < 1.29 is 28.6 Å². The van der Waals surface area contributed by atoms with E-state index in [4.69, 9.17) is 14.2 Å². The second-order valence-electron chi connectivity index (χ2n) is 21.0. The van der Waals surface area contributed by atoms with Crippen LogP contribution in [0.3, 0.4) is 0 Å². The summed E-state index contributed by atoms with van der Waals surface area (Å²) in [5, 5.41) is 0. The molecule has 0 fully saturated rings. The van der Waals surface area contributed by atoms with Gasteiger partial charge in [-0.2, -0.15) is 0 Å². The molecule has 0 spiro atoms. The van der Waals surface area contributed by atoms with E-state index in [0.29, 0.717) is 19.3 Å². The molecule has 0 aromatic heterocycles. The summed E-state index contributed by atoms with van der Waals surface area (Å²) >= 11 is 0. The molecule has 0 bridgehead atoms. The molecule has 0 amide bonds. The monoisotopic (exact) mass is 995 g/mol. The summed E-state index contributed by atoms with van der Waals surface area (Å²) < 4.78 is 16.9. The molecular formula is C65H118O6. The maximum absolute atomic E-state index is 12.9. The van der Waals surface area contributed by atoms with Crippen molar-refractivity contribution in [3.63, 3.8) is 0 Å². The van der Waals surface area contributed by atoms with E-state index in [2.05, 4.69) is 69.4 Å². The Morgan fingerprint density at radius 3 is 0.803 bits per heavy atom. The molecule has 0 saturated carbocycles. The molecule has 6 nitrogen and oxygen atoms in total. The molecule has 0 heterocycles. The molecule has 6 heteroatoms. The van der Waals surface area contributed by atoms with Gasteiger partial charge in [0.15, 0.2) is 6.10 Å². The van der Waals surface area contributed by atoms with Crippen molar-refractivity contribution in [2.45, 2.75) is 335 Å². The van der Waals surface area contributed by atoms with E-state index < -0.39 is 6.10 Å². The zero-order valence-corrected chi connectivity index (χ0v) is 47.5. The van der Waals surface area contributed by atoms with Gasteiger partial charge in [0.25, 0.3) is 0 Å². The zero-order chi connectivity index (χ0) is 51.4. The van der Waals surface area contributed by atoms with E-state index in [1.807, 2.05) is 0 Å². The Kier molecular flexibility index (Phi) is 57.7. The molecule has 0 aromatic carbocycles. The number of carbonyl (C=O) groups excluding carboxylic acids is 3. The molecule has 1 atom stereocenters. The number of carbonyl (C=O) groups is 3. The summed E-state index contributed by atoms with van der Waals surface area (Å²) in [6.45, 7) is 6.63. The van der Waals surface area contributed by atoms with Gasteiger partial charge in [0, 0.05) is 19.3 Å². The van der Waals surface area contributed by atoms with Crippen molar-refractivity contribution in [3.8, 4) is 0 Å². The minimum absolute atomic E-state index is 0.0741. The minimum atomic E-state index is -0.778. The average molecular weight is 996 g/mol. The molecule has 0 unspecified atom stereocenters. The van der Waals surface area contributed by atoms with Gasteiger partial charge in [-0.15, -0.1) is 0 Å². The lowest BCUT2D eigenvalue weighted by Crippen LogP contribution is -2.30. The fourth-order valence-electron chi connectivity index (χ4n) is 9.09. The van der Waals surface area contributed by atoms with Crippen molar-refractivity contribution in [1.29, 1.82) is 0 Å². The fraction of sp³-hybridized carbons (Fsp3) is 0.831. The van der Waals surface area contributed by atoms with Gasteiger partial charge < -0.3 is 14.2 Å². The number of unbranched alkanes of at least 4 members (excludes halogenated alkanes) is 38. The Balaban J connectivity index is 4.36. The average Bonchev–Trinajstić information content (AvgIpc) is 3.37. The van der Waals surface area contributed by atoms with Crippen LogP contribution in [0, 0.1) is 0 Å². The molecule has 0 aromatic rings. The predicted octanol–water partition coefficient (Wildman–Crippen LogP) is 21.0. The molecule has 0 saturated heterocycles. The zero-order valence-electron chi connectivity index (χ0n) is 47.5. The van der Waals surface area contributed by atoms with Crippen LogP contribution in [0.2, 0.25) is 0 Å². The SMILES string of the molecule is CCCCC/C=C/C/C=C/CCCCCCCCCCCC(=O)OC[C@@H](COC(=O)CCCCCCCCCCCCCCCCCCC)OC(=O)CCCCCCCCC/C=C/C/C=C/CCCCC. The van der Waals surface area contributed by atoms with E-state index in [-0.39, 0.29) is 31.1 Å². The first-order valence-electron chi connectivity index (χ1n) is 31.1. The third-order valence-corrected chi connectivity index (χ3v) is 13.8. The van der Waals surface area contributed by atoms with Gasteiger partial charge in [-0.1, -0.05) is 275 Å². The van der Waals surface area contributed by atoms with Crippen LogP contribution >= 0.6 is 0 Å². The molecule has 0 aliphatic rings. The Hall–Kier alpha value is -2.63. The highest BCUT2D eigenvalue weighted by atomic mass is 16.6. The summed E-state index contributed by atoms with van der Waals surface area (Å²) in [7, 11) is 0. The first-order valence-corrected chi connectivity index (χ1v) is 31.1. The number of hydrogen-bond donors (Lipinski definition) is 0. The van der Waals surface area contributed by atoms with Gasteiger partial charge >= 0.3 is 17.9 Å². The van der Waals surface area contributed by atoms with Gasteiger partial charge in [0.2, 0.25) is 0 Å². The highest BCUT2D eigenvalue weighted by molar-refractivity contribution is 5.71. The van der Waals surface area contributed by atoms with E-state index >= 15 is 0 Å². The second-order valence-corrected chi connectivity index (χ2v) is 21.0. The summed E-state index contributed by atoms with van der Waals surface area (Å²) in [5.74, 6) is -0.866. The third kappa shape index (κ3) is 58.1. The number of esters is 3. The lowest BCUT2D eigenvalue weighted by atomic mass is 10.0. The number of ether oxygens (including phenoxy) is 3. The molecule has 0 radical (unpaired) electrons. The maximum atomic E-state index is 12.9. The molecule has 71 heavy (non-hydrogen) atoms. The standard InChI is InChI=1S/C65H118O6/c1-4-7-10-13-16-19-22-25-28-31-32-35-37-40-43-46-49-52-55-58-64(67)70-61-62(71-65(68)59-56-53-50-47-44-41-38-34-30-27-24-21-18-15-12-9-6-3)60-69-63(66)57-54-51-48-45-42-39-36-33-29-26-23-20-17-14-11-8-5-2/h16,18-19,21,25,27-28,30,62H,4-15,17,20,22-24,26,29,31-61H2,1-3H3/b19-16+,21-18+,28-25+,30-27+/t62-/m1/s1. The highest BCUT2D eigenvalue weighted by Gasteiger charge is 2.19. The first-order chi connectivity index (χ1) is 35.0. The highest BCUT2D eigenvalue weighted by Crippen LogP contribution is 2.17. The molecule has 0 aliphatic heterocycles. The van der Waals surface area contributed by atoms with E-state index in [1.165, 1.54) is 212 Å². The van der Waals surface area contributed by atoms with E-state index in [1.54, 1.807) is 0 Å². The fourth-order valence-corrected chi connectivity index (χ4v) is 9.09. The lowest BCUT2D eigenvalue weighted by Gasteiger charge is -2.18. The Labute approximate surface area is 441 Å². The summed E-state index contributed by atoms with van der Waals surface area (Å²) in [6, 6.07) is 0. The third-order valence-electron chi connectivity index (χ3n) is 13.8. The van der Waals surface area contributed by atoms with Crippen LogP contribution in [0.5, 0.6) is 0 Å². The molecule has 0 N–H and O–H groups in total.